The average Bonchev–Trinajstić information content (AvgIpc) is 2.48. The molecule has 1 rings (SSSR count). The van der Waals surface area contributed by atoms with Crippen LogP contribution in [0.2, 0.25) is 5.02 Å². The Kier molecular flexibility index (Phi) is 7.66. The zero-order chi connectivity index (χ0) is 19.3. The van der Waals surface area contributed by atoms with E-state index in [9.17, 15) is 26.4 Å². The summed E-state index contributed by atoms with van der Waals surface area (Å²) >= 11 is 5.49. The van der Waals surface area contributed by atoms with Gasteiger partial charge in [0.25, 0.3) is 0 Å². The molecule has 1 aromatic carbocycles. The summed E-state index contributed by atoms with van der Waals surface area (Å²) < 4.78 is 67.8. The van der Waals surface area contributed by atoms with Gasteiger partial charge in [-0.05, 0) is 24.6 Å². The topological polar surface area (TPSA) is 75.7 Å². The van der Waals surface area contributed by atoms with Gasteiger partial charge in [-0.25, -0.2) is 8.42 Å². The molecule has 0 fully saturated rings. The SMILES string of the molecule is COCCCS(=O)(=O)N(C)CC(=O)Nc1ccc(Cl)c(C(F)(F)F)c1. The van der Waals surface area contributed by atoms with Gasteiger partial charge in [-0.15, -0.1) is 0 Å². The highest BCUT2D eigenvalue weighted by Gasteiger charge is 2.33. The molecule has 0 aliphatic carbocycles. The number of rotatable bonds is 8. The molecular weight excluding hydrogens is 385 g/mol. The van der Waals surface area contributed by atoms with Crippen molar-refractivity contribution in [2.24, 2.45) is 0 Å². The summed E-state index contributed by atoms with van der Waals surface area (Å²) in [7, 11) is -1.02. The molecular formula is C14H18ClF3N2O4S. The molecule has 0 aliphatic rings. The quantitative estimate of drug-likeness (QED) is 0.678. The Bertz CT molecular complexity index is 711. The molecule has 1 amide bonds. The third-order valence-electron chi connectivity index (χ3n) is 3.15. The average molecular weight is 403 g/mol. The number of likely N-dealkylation sites (N-methyl/N-ethyl adjacent to an activating group) is 1. The van der Waals surface area contributed by atoms with Gasteiger partial charge in [0.05, 0.1) is 22.9 Å². The van der Waals surface area contributed by atoms with Crippen molar-refractivity contribution in [3.8, 4) is 0 Å². The van der Waals surface area contributed by atoms with Crippen molar-refractivity contribution in [3.05, 3.63) is 28.8 Å². The maximum absolute atomic E-state index is 12.8. The lowest BCUT2D eigenvalue weighted by atomic mass is 10.2. The minimum atomic E-state index is -4.67. The van der Waals surface area contributed by atoms with Gasteiger partial charge in [0, 0.05) is 26.5 Å². The third-order valence-corrected chi connectivity index (χ3v) is 5.36. The van der Waals surface area contributed by atoms with Crippen molar-refractivity contribution in [2.45, 2.75) is 12.6 Å². The number of carbonyl (C=O) groups is 1. The first-order valence-corrected chi connectivity index (χ1v) is 9.05. The van der Waals surface area contributed by atoms with Crippen molar-refractivity contribution in [3.63, 3.8) is 0 Å². The molecule has 1 N–H and O–H groups in total. The lowest BCUT2D eigenvalue weighted by Crippen LogP contribution is -2.36. The van der Waals surface area contributed by atoms with E-state index in [-0.39, 0.29) is 24.5 Å². The monoisotopic (exact) mass is 402 g/mol. The van der Waals surface area contributed by atoms with Gasteiger partial charge in [-0.3, -0.25) is 4.79 Å². The molecule has 0 radical (unpaired) electrons. The van der Waals surface area contributed by atoms with Crippen LogP contribution >= 0.6 is 11.6 Å². The van der Waals surface area contributed by atoms with Crippen LogP contribution in [-0.4, -0.2) is 51.7 Å². The lowest BCUT2D eigenvalue weighted by molar-refractivity contribution is -0.137. The van der Waals surface area contributed by atoms with Crippen LogP contribution < -0.4 is 5.32 Å². The van der Waals surface area contributed by atoms with Crippen LogP contribution in [0.1, 0.15) is 12.0 Å². The number of carbonyl (C=O) groups excluding carboxylic acids is 1. The number of sulfonamides is 1. The van der Waals surface area contributed by atoms with Crippen molar-refractivity contribution >= 4 is 33.2 Å². The standard InChI is InChI=1S/C14H18ClF3N2O4S/c1-20(25(22,23)7-3-6-24-2)9-13(21)19-10-4-5-12(15)11(8-10)14(16,17)18/h4-5,8H,3,6-7,9H2,1-2H3,(H,19,21). The minimum Gasteiger partial charge on any atom is -0.385 e. The molecule has 0 aromatic heterocycles. The summed E-state index contributed by atoms with van der Waals surface area (Å²) in [5, 5.41) is 1.73. The summed E-state index contributed by atoms with van der Waals surface area (Å²) in [5.41, 5.74) is -1.22. The molecule has 11 heteroatoms. The molecule has 25 heavy (non-hydrogen) atoms. The fourth-order valence-corrected chi connectivity index (χ4v) is 3.20. The maximum atomic E-state index is 12.8. The molecule has 0 unspecified atom stereocenters. The molecule has 0 heterocycles. The number of halogens is 4. The molecule has 1 aromatic rings. The van der Waals surface area contributed by atoms with Crippen LogP contribution in [0.15, 0.2) is 18.2 Å². The second kappa shape index (κ2) is 8.84. The zero-order valence-electron chi connectivity index (χ0n) is 13.6. The Labute approximate surface area is 148 Å². The lowest BCUT2D eigenvalue weighted by Gasteiger charge is -2.17. The second-order valence-corrected chi connectivity index (χ2v) is 7.76. The number of methoxy groups -OCH3 is 1. The third kappa shape index (κ3) is 6.81. The highest BCUT2D eigenvalue weighted by atomic mass is 35.5. The number of anilines is 1. The van der Waals surface area contributed by atoms with E-state index in [2.05, 4.69) is 5.32 Å². The Morgan fingerprint density at radius 2 is 2.00 bits per heavy atom. The van der Waals surface area contributed by atoms with E-state index in [4.69, 9.17) is 16.3 Å². The van der Waals surface area contributed by atoms with Crippen LogP contribution in [0.4, 0.5) is 18.9 Å². The van der Waals surface area contributed by atoms with E-state index >= 15 is 0 Å². The number of alkyl halides is 3. The summed E-state index contributed by atoms with van der Waals surface area (Å²) in [6, 6.07) is 2.89. The second-order valence-electron chi connectivity index (χ2n) is 5.16. The van der Waals surface area contributed by atoms with Crippen molar-refractivity contribution in [1.82, 2.24) is 4.31 Å². The fourth-order valence-electron chi connectivity index (χ4n) is 1.86. The number of hydrogen-bond acceptors (Lipinski definition) is 4. The summed E-state index contributed by atoms with van der Waals surface area (Å²) in [6.07, 6.45) is -4.41. The summed E-state index contributed by atoms with van der Waals surface area (Å²) in [5.74, 6) is -0.975. The fraction of sp³-hybridized carbons (Fsp3) is 0.500. The van der Waals surface area contributed by atoms with Crippen molar-refractivity contribution < 1.29 is 31.1 Å². The van der Waals surface area contributed by atoms with E-state index in [0.29, 0.717) is 6.07 Å². The number of ether oxygens (including phenoxy) is 1. The molecule has 0 saturated carbocycles. The Hall–Kier alpha value is -1.36. The van der Waals surface area contributed by atoms with Gasteiger partial charge in [-0.1, -0.05) is 11.6 Å². The predicted molar refractivity (Wildman–Crippen MR) is 88.0 cm³/mol. The molecule has 6 nitrogen and oxygen atoms in total. The normalized spacial score (nSPS) is 12.4. The Morgan fingerprint density at radius 3 is 2.56 bits per heavy atom. The largest absolute Gasteiger partial charge is 0.417 e. The minimum absolute atomic E-state index is 0.132. The first kappa shape index (κ1) is 21.7. The van der Waals surface area contributed by atoms with Gasteiger partial charge >= 0.3 is 6.18 Å². The number of nitrogens with zero attached hydrogens (tertiary/aromatic N) is 1. The van der Waals surface area contributed by atoms with Crippen LogP contribution in [0.5, 0.6) is 0 Å². The molecule has 0 aliphatic heterocycles. The highest BCUT2D eigenvalue weighted by molar-refractivity contribution is 7.89. The first-order chi connectivity index (χ1) is 11.5. The summed E-state index contributed by atoms with van der Waals surface area (Å²) in [6.45, 7) is -0.274. The number of hydrogen-bond donors (Lipinski definition) is 1. The number of nitrogens with one attached hydrogen (secondary N) is 1. The van der Waals surface area contributed by atoms with Crippen LogP contribution in [0, 0.1) is 0 Å². The van der Waals surface area contributed by atoms with Gasteiger partial charge < -0.3 is 10.1 Å². The van der Waals surface area contributed by atoms with E-state index in [0.717, 1.165) is 10.4 Å². The van der Waals surface area contributed by atoms with Crippen LogP contribution in [0.3, 0.4) is 0 Å². The zero-order valence-corrected chi connectivity index (χ0v) is 15.1. The number of benzene rings is 1. The predicted octanol–water partition coefficient (Wildman–Crippen LogP) is 2.60. The smallest absolute Gasteiger partial charge is 0.385 e. The van der Waals surface area contributed by atoms with Gasteiger partial charge in [0.2, 0.25) is 15.9 Å². The molecule has 0 bridgehead atoms. The van der Waals surface area contributed by atoms with E-state index in [1.165, 1.54) is 20.2 Å². The van der Waals surface area contributed by atoms with E-state index in [1.54, 1.807) is 0 Å². The van der Waals surface area contributed by atoms with E-state index in [1.807, 2.05) is 0 Å². The maximum Gasteiger partial charge on any atom is 0.417 e. The number of amides is 1. The molecule has 142 valence electrons. The molecule has 0 atom stereocenters. The first-order valence-electron chi connectivity index (χ1n) is 7.07. The molecule has 0 saturated heterocycles. The van der Waals surface area contributed by atoms with Crippen molar-refractivity contribution in [1.29, 1.82) is 0 Å². The van der Waals surface area contributed by atoms with Crippen molar-refractivity contribution in [2.75, 3.05) is 38.4 Å². The Balaban J connectivity index is 2.74. The van der Waals surface area contributed by atoms with Gasteiger partial charge in [0.15, 0.2) is 0 Å². The van der Waals surface area contributed by atoms with Crippen LogP contribution in [0.25, 0.3) is 0 Å². The van der Waals surface area contributed by atoms with Gasteiger partial charge in [0.1, 0.15) is 0 Å². The molecule has 0 spiro atoms. The highest BCUT2D eigenvalue weighted by Crippen LogP contribution is 2.36. The van der Waals surface area contributed by atoms with Gasteiger partial charge in [-0.2, -0.15) is 17.5 Å². The summed E-state index contributed by atoms with van der Waals surface area (Å²) in [4.78, 5) is 11.9. The van der Waals surface area contributed by atoms with E-state index < -0.39 is 39.2 Å². The Morgan fingerprint density at radius 1 is 1.36 bits per heavy atom. The van der Waals surface area contributed by atoms with Crippen LogP contribution in [-0.2, 0) is 25.7 Å².